The molecule has 0 unspecified atom stereocenters. The fourth-order valence-electron chi connectivity index (χ4n) is 2.21. The summed E-state index contributed by atoms with van der Waals surface area (Å²) in [6.07, 6.45) is 13.6. The van der Waals surface area contributed by atoms with Crippen molar-refractivity contribution in [1.82, 2.24) is 0 Å². The first-order valence-corrected chi connectivity index (χ1v) is 6.59. The third-order valence-electron chi connectivity index (χ3n) is 3.43. The van der Waals surface area contributed by atoms with Crippen LogP contribution in [0.25, 0.3) is 0 Å². The van der Waals surface area contributed by atoms with Crippen LogP contribution in [0.5, 0.6) is 0 Å². The molecule has 0 aromatic heterocycles. The molecule has 1 saturated carbocycles. The Hall–Kier alpha value is -1.22. The summed E-state index contributed by atoms with van der Waals surface area (Å²) in [4.78, 5) is 0. The number of benzene rings is 1. The highest BCUT2D eigenvalue weighted by molar-refractivity contribution is 5.38. The monoisotopic (exact) mass is 227 g/mol. The van der Waals surface area contributed by atoms with Crippen LogP contribution in [0, 0.1) is 32.1 Å². The minimum Gasteiger partial charge on any atom is -0.115 e. The van der Waals surface area contributed by atoms with Crippen molar-refractivity contribution in [3.8, 4) is 12.3 Å². The van der Waals surface area contributed by atoms with E-state index >= 15 is 0 Å². The molecule has 1 fully saturated rings. The van der Waals surface area contributed by atoms with E-state index in [1.807, 2.05) is 31.2 Å². The maximum Gasteiger partial charge on any atom is 0.0271 e. The van der Waals surface area contributed by atoms with Gasteiger partial charge in [0, 0.05) is 5.56 Å². The largest absolute Gasteiger partial charge is 0.115 e. The van der Waals surface area contributed by atoms with Gasteiger partial charge in [-0.15, -0.1) is 6.42 Å². The van der Waals surface area contributed by atoms with Crippen LogP contribution in [0.3, 0.4) is 0 Å². The molecule has 1 aliphatic rings. The number of rotatable bonds is 1. The van der Waals surface area contributed by atoms with Gasteiger partial charge in [0.05, 0.1) is 0 Å². The van der Waals surface area contributed by atoms with Gasteiger partial charge in [0.2, 0.25) is 0 Å². The minimum absolute atomic E-state index is 0.976. The van der Waals surface area contributed by atoms with Crippen LogP contribution in [0.1, 0.15) is 49.7 Å². The van der Waals surface area contributed by atoms with E-state index in [9.17, 15) is 0 Å². The molecular formula is C17H23. The van der Waals surface area contributed by atoms with Crippen molar-refractivity contribution < 1.29 is 0 Å². The fourth-order valence-corrected chi connectivity index (χ4v) is 2.21. The van der Waals surface area contributed by atoms with E-state index in [1.54, 1.807) is 0 Å². The Labute approximate surface area is 106 Å². The molecule has 0 heteroatoms. The zero-order valence-corrected chi connectivity index (χ0v) is 10.9. The number of hydrogen-bond acceptors (Lipinski definition) is 0. The maximum absolute atomic E-state index is 5.20. The molecule has 0 saturated heterocycles. The van der Waals surface area contributed by atoms with Crippen LogP contribution in [-0.4, -0.2) is 0 Å². The topological polar surface area (TPSA) is 0 Å². The van der Waals surface area contributed by atoms with Crippen molar-refractivity contribution >= 4 is 0 Å². The standard InChI is InChI=1S/C9H8.C8H15/c1-3-9-7-5-4-6-8(9)2;1-2-8-6-4-3-5-7-8/h1,4-7H,2H3;8H,1-7H2. The minimum atomic E-state index is 0.976. The molecule has 17 heavy (non-hydrogen) atoms. The van der Waals surface area contributed by atoms with Gasteiger partial charge in [0.15, 0.2) is 0 Å². The lowest BCUT2D eigenvalue weighted by Crippen LogP contribution is -2.03. The highest BCUT2D eigenvalue weighted by Gasteiger charge is 2.09. The smallest absolute Gasteiger partial charge is 0.0271 e. The first kappa shape index (κ1) is 13.8. The summed E-state index contributed by atoms with van der Waals surface area (Å²) in [6.45, 7) is 5.92. The predicted molar refractivity (Wildman–Crippen MR) is 75.7 cm³/mol. The van der Waals surface area contributed by atoms with Crippen molar-refractivity contribution in [3.05, 3.63) is 42.3 Å². The molecule has 91 valence electrons. The Morgan fingerprint density at radius 1 is 1.24 bits per heavy atom. The van der Waals surface area contributed by atoms with Crippen LogP contribution in [-0.2, 0) is 0 Å². The van der Waals surface area contributed by atoms with Crippen molar-refractivity contribution in [2.24, 2.45) is 5.92 Å². The average molecular weight is 227 g/mol. The van der Waals surface area contributed by atoms with Crippen molar-refractivity contribution in [2.75, 3.05) is 0 Å². The molecule has 0 atom stereocenters. The quantitative estimate of drug-likeness (QED) is 0.606. The van der Waals surface area contributed by atoms with Gasteiger partial charge in [0.25, 0.3) is 0 Å². The van der Waals surface area contributed by atoms with E-state index in [0.29, 0.717) is 0 Å². The number of hydrogen-bond donors (Lipinski definition) is 0. The van der Waals surface area contributed by atoms with Gasteiger partial charge < -0.3 is 0 Å². The van der Waals surface area contributed by atoms with Crippen molar-refractivity contribution in [2.45, 2.75) is 45.4 Å². The highest BCUT2D eigenvalue weighted by atomic mass is 14.2. The lowest BCUT2D eigenvalue weighted by atomic mass is 9.88. The lowest BCUT2D eigenvalue weighted by Gasteiger charge is -2.18. The molecule has 1 aromatic carbocycles. The number of terminal acetylenes is 1. The normalized spacial score (nSPS) is 15.6. The molecule has 0 spiro atoms. The molecule has 1 radical (unpaired) electrons. The molecule has 0 N–H and O–H groups in total. The Kier molecular flexibility index (Phi) is 6.48. The molecule has 2 rings (SSSR count). The van der Waals surface area contributed by atoms with Gasteiger partial charge in [-0.2, -0.15) is 0 Å². The van der Waals surface area contributed by atoms with Crippen molar-refractivity contribution in [3.63, 3.8) is 0 Å². The Balaban J connectivity index is 0.000000171. The van der Waals surface area contributed by atoms with E-state index in [0.717, 1.165) is 11.5 Å². The maximum atomic E-state index is 5.20. The predicted octanol–water partition coefficient (Wildman–Crippen LogP) is 4.77. The van der Waals surface area contributed by atoms with Crippen LogP contribution in [0.4, 0.5) is 0 Å². The molecular weight excluding hydrogens is 204 g/mol. The second-order valence-corrected chi connectivity index (χ2v) is 4.75. The Bertz CT molecular complexity index is 351. The fraction of sp³-hybridized carbons (Fsp3) is 0.471. The van der Waals surface area contributed by atoms with Crippen molar-refractivity contribution in [1.29, 1.82) is 0 Å². The van der Waals surface area contributed by atoms with Crippen LogP contribution in [0.2, 0.25) is 0 Å². The molecule has 0 nitrogen and oxygen atoms in total. The summed E-state index contributed by atoms with van der Waals surface area (Å²) < 4.78 is 0. The Morgan fingerprint density at radius 2 is 1.88 bits per heavy atom. The van der Waals surface area contributed by atoms with Gasteiger partial charge in [-0.1, -0.05) is 69.6 Å². The van der Waals surface area contributed by atoms with E-state index in [2.05, 4.69) is 12.8 Å². The van der Waals surface area contributed by atoms with Gasteiger partial charge >= 0.3 is 0 Å². The first-order valence-electron chi connectivity index (χ1n) is 6.59. The molecule has 0 aliphatic heterocycles. The summed E-state index contributed by atoms with van der Waals surface area (Å²) >= 11 is 0. The van der Waals surface area contributed by atoms with E-state index < -0.39 is 0 Å². The second kappa shape index (κ2) is 7.96. The molecule has 0 amide bonds. The summed E-state index contributed by atoms with van der Waals surface area (Å²) in [7, 11) is 0. The molecule has 1 aromatic rings. The number of aryl methyl sites for hydroxylation is 1. The third-order valence-corrected chi connectivity index (χ3v) is 3.43. The first-order chi connectivity index (χ1) is 8.27. The van der Waals surface area contributed by atoms with Gasteiger partial charge in [-0.05, 0) is 24.5 Å². The van der Waals surface area contributed by atoms with E-state index in [-0.39, 0.29) is 0 Å². The van der Waals surface area contributed by atoms with E-state index in [4.69, 9.17) is 6.42 Å². The van der Waals surface area contributed by atoms with Gasteiger partial charge in [-0.25, -0.2) is 0 Å². The van der Waals surface area contributed by atoms with Gasteiger partial charge in [-0.3, -0.25) is 0 Å². The molecule has 1 aliphatic carbocycles. The summed E-state index contributed by atoms with van der Waals surface area (Å²) in [5.74, 6) is 3.57. The average Bonchev–Trinajstić information content (AvgIpc) is 2.41. The van der Waals surface area contributed by atoms with Crippen LogP contribution >= 0.6 is 0 Å². The summed E-state index contributed by atoms with van der Waals surface area (Å²) in [6, 6.07) is 7.88. The zero-order chi connectivity index (χ0) is 12.5. The highest BCUT2D eigenvalue weighted by Crippen LogP contribution is 2.25. The zero-order valence-electron chi connectivity index (χ0n) is 10.9. The summed E-state index contributed by atoms with van der Waals surface area (Å²) in [5.41, 5.74) is 2.15. The second-order valence-electron chi connectivity index (χ2n) is 4.75. The van der Waals surface area contributed by atoms with E-state index in [1.165, 1.54) is 44.1 Å². The van der Waals surface area contributed by atoms with Crippen LogP contribution < -0.4 is 0 Å². The summed E-state index contributed by atoms with van der Waals surface area (Å²) in [5, 5.41) is 0. The third kappa shape index (κ3) is 5.09. The Morgan fingerprint density at radius 3 is 2.29 bits per heavy atom. The van der Waals surface area contributed by atoms with Crippen LogP contribution in [0.15, 0.2) is 24.3 Å². The molecule has 0 bridgehead atoms. The molecule has 0 heterocycles. The lowest BCUT2D eigenvalue weighted by molar-refractivity contribution is 0.360. The SMILES string of the molecule is C#Cc1ccccc1C.[CH2]CC1CCCCC1. The van der Waals surface area contributed by atoms with Gasteiger partial charge in [0.1, 0.15) is 0 Å².